The maximum atomic E-state index is 12.4. The van der Waals surface area contributed by atoms with Crippen LogP contribution < -0.4 is 5.32 Å². The van der Waals surface area contributed by atoms with Gasteiger partial charge >= 0.3 is 0 Å². The minimum atomic E-state index is -0.134. The number of carbonyl (C=O) groups is 1. The summed E-state index contributed by atoms with van der Waals surface area (Å²) in [5.74, 6) is 0.171. The lowest BCUT2D eigenvalue weighted by Gasteiger charge is -2.31. The van der Waals surface area contributed by atoms with Gasteiger partial charge in [-0.1, -0.05) is 13.3 Å². The minimum Gasteiger partial charge on any atom is -0.347 e. The van der Waals surface area contributed by atoms with Crippen molar-refractivity contribution >= 4 is 5.91 Å². The third-order valence-corrected chi connectivity index (χ3v) is 3.74. The molecule has 5 heteroatoms. The van der Waals surface area contributed by atoms with Crippen LogP contribution in [-0.2, 0) is 17.8 Å². The van der Waals surface area contributed by atoms with E-state index >= 15 is 0 Å². The Morgan fingerprint density at radius 2 is 2.44 bits per heavy atom. The number of rotatable bonds is 4. The topological polar surface area (TPSA) is 61.0 Å². The molecule has 18 heavy (non-hydrogen) atoms. The summed E-state index contributed by atoms with van der Waals surface area (Å²) in [5, 5.41) is 3.28. The number of nitrogens with zero attached hydrogens (tertiary/aromatic N) is 2. The van der Waals surface area contributed by atoms with Crippen molar-refractivity contribution in [3.05, 3.63) is 17.7 Å². The first-order valence-corrected chi connectivity index (χ1v) is 6.64. The van der Waals surface area contributed by atoms with E-state index < -0.39 is 0 Å². The molecule has 1 aromatic rings. The molecule has 2 heterocycles. The summed E-state index contributed by atoms with van der Waals surface area (Å²) in [6.45, 7) is 4.94. The smallest absolute Gasteiger partial charge is 0.240 e. The summed E-state index contributed by atoms with van der Waals surface area (Å²) in [6.07, 6.45) is 4.52. The van der Waals surface area contributed by atoms with Gasteiger partial charge < -0.3 is 9.88 Å². The van der Waals surface area contributed by atoms with Crippen LogP contribution in [0.1, 0.15) is 38.1 Å². The van der Waals surface area contributed by atoms with E-state index in [0.29, 0.717) is 19.0 Å². The van der Waals surface area contributed by atoms with E-state index in [1.54, 1.807) is 6.33 Å². The zero-order chi connectivity index (χ0) is 13.1. The van der Waals surface area contributed by atoms with Gasteiger partial charge in [-0.05, 0) is 13.3 Å². The number of H-pyrrole nitrogens is 1. The molecule has 0 saturated carbocycles. The number of imidazole rings is 1. The van der Waals surface area contributed by atoms with Gasteiger partial charge in [0.15, 0.2) is 0 Å². The van der Waals surface area contributed by atoms with E-state index in [1.165, 1.54) is 0 Å². The predicted octanol–water partition coefficient (Wildman–Crippen LogP) is 1.07. The summed E-state index contributed by atoms with van der Waals surface area (Å²) in [4.78, 5) is 21.6. The number of aromatic amines is 1. The molecule has 2 N–H and O–H groups in total. The molecule has 1 amide bonds. The van der Waals surface area contributed by atoms with Crippen LogP contribution in [0.5, 0.6) is 0 Å². The minimum absolute atomic E-state index is 0.134. The summed E-state index contributed by atoms with van der Waals surface area (Å²) in [5.41, 5.74) is 2.12. The Labute approximate surface area is 108 Å². The van der Waals surface area contributed by atoms with Crippen LogP contribution in [0, 0.1) is 0 Å². The van der Waals surface area contributed by atoms with Gasteiger partial charge in [-0.25, -0.2) is 4.98 Å². The van der Waals surface area contributed by atoms with E-state index in [0.717, 1.165) is 24.2 Å². The average molecular weight is 250 g/mol. The first-order valence-electron chi connectivity index (χ1n) is 6.64. The van der Waals surface area contributed by atoms with Gasteiger partial charge in [0.25, 0.3) is 0 Å². The average Bonchev–Trinajstić information content (AvgIpc) is 2.84. The highest BCUT2D eigenvalue weighted by Gasteiger charge is 2.29. The van der Waals surface area contributed by atoms with Crippen molar-refractivity contribution in [2.75, 3.05) is 7.05 Å². The molecule has 1 aliphatic heterocycles. The molecule has 5 nitrogen and oxygen atoms in total. The molecule has 100 valence electrons. The monoisotopic (exact) mass is 250 g/mol. The Hall–Kier alpha value is -1.36. The highest BCUT2D eigenvalue weighted by atomic mass is 16.2. The lowest BCUT2D eigenvalue weighted by Crippen LogP contribution is -2.50. The number of fused-ring (bicyclic) bond motifs is 1. The molecular weight excluding hydrogens is 228 g/mol. The van der Waals surface area contributed by atoms with Crippen molar-refractivity contribution in [2.45, 2.75) is 51.7 Å². The molecule has 0 fully saturated rings. The van der Waals surface area contributed by atoms with Crippen LogP contribution >= 0.6 is 0 Å². The number of hydrogen-bond donors (Lipinski definition) is 2. The van der Waals surface area contributed by atoms with Crippen molar-refractivity contribution in [1.82, 2.24) is 20.2 Å². The lowest BCUT2D eigenvalue weighted by molar-refractivity contribution is -0.134. The van der Waals surface area contributed by atoms with Crippen molar-refractivity contribution < 1.29 is 4.79 Å². The van der Waals surface area contributed by atoms with Crippen LogP contribution in [-0.4, -0.2) is 39.9 Å². The van der Waals surface area contributed by atoms with Crippen molar-refractivity contribution in [3.63, 3.8) is 0 Å². The van der Waals surface area contributed by atoms with Gasteiger partial charge in [-0.15, -0.1) is 0 Å². The van der Waals surface area contributed by atoms with E-state index in [1.807, 2.05) is 11.9 Å². The first-order chi connectivity index (χ1) is 8.63. The summed E-state index contributed by atoms with van der Waals surface area (Å²) in [7, 11) is 1.89. The second-order valence-corrected chi connectivity index (χ2v) is 5.05. The fraction of sp³-hybridized carbons (Fsp3) is 0.692. The third-order valence-electron chi connectivity index (χ3n) is 3.74. The highest BCUT2D eigenvalue weighted by molar-refractivity contribution is 5.82. The highest BCUT2D eigenvalue weighted by Crippen LogP contribution is 2.15. The zero-order valence-electron chi connectivity index (χ0n) is 11.4. The van der Waals surface area contributed by atoms with Crippen LogP contribution in [0.15, 0.2) is 6.33 Å². The van der Waals surface area contributed by atoms with Gasteiger partial charge in [0.1, 0.15) is 0 Å². The maximum absolute atomic E-state index is 12.4. The van der Waals surface area contributed by atoms with Gasteiger partial charge in [0.2, 0.25) is 5.91 Å². The van der Waals surface area contributed by atoms with E-state index in [2.05, 4.69) is 29.1 Å². The summed E-state index contributed by atoms with van der Waals surface area (Å²) < 4.78 is 0. The summed E-state index contributed by atoms with van der Waals surface area (Å²) in [6, 6.07) is 0.162. The standard InChI is InChI=1S/C13H22N4O/c1-4-5-9(2)17(3)13(18)11-6-10-12(7-14-11)16-8-15-10/h8-9,11,14H,4-7H2,1-3H3,(H,15,16). The molecule has 0 aromatic carbocycles. The van der Waals surface area contributed by atoms with E-state index in [9.17, 15) is 4.79 Å². The Morgan fingerprint density at radius 1 is 1.67 bits per heavy atom. The Balaban J connectivity index is 1.98. The molecular formula is C13H22N4O. The SMILES string of the molecule is CCCC(C)N(C)C(=O)C1Cc2nc[nH]c2CN1. The van der Waals surface area contributed by atoms with Crippen molar-refractivity contribution in [1.29, 1.82) is 0 Å². The molecule has 2 atom stereocenters. The largest absolute Gasteiger partial charge is 0.347 e. The number of likely N-dealkylation sites (N-methyl/N-ethyl adjacent to an activating group) is 1. The molecule has 0 radical (unpaired) electrons. The van der Waals surface area contributed by atoms with Crippen LogP contribution in [0.3, 0.4) is 0 Å². The Morgan fingerprint density at radius 3 is 3.17 bits per heavy atom. The van der Waals surface area contributed by atoms with E-state index in [-0.39, 0.29) is 11.9 Å². The van der Waals surface area contributed by atoms with Gasteiger partial charge in [0.05, 0.1) is 23.8 Å². The zero-order valence-corrected chi connectivity index (χ0v) is 11.4. The second-order valence-electron chi connectivity index (χ2n) is 5.05. The van der Waals surface area contributed by atoms with E-state index in [4.69, 9.17) is 0 Å². The molecule has 1 aliphatic rings. The number of nitrogens with one attached hydrogen (secondary N) is 2. The molecule has 2 unspecified atom stereocenters. The predicted molar refractivity (Wildman–Crippen MR) is 70.1 cm³/mol. The number of amides is 1. The number of aromatic nitrogens is 2. The lowest BCUT2D eigenvalue weighted by atomic mass is 10.0. The molecule has 1 aromatic heterocycles. The maximum Gasteiger partial charge on any atom is 0.240 e. The summed E-state index contributed by atoms with van der Waals surface area (Å²) >= 11 is 0. The molecule has 2 rings (SSSR count). The number of hydrogen-bond acceptors (Lipinski definition) is 3. The Kier molecular flexibility index (Phi) is 4.01. The third kappa shape index (κ3) is 2.56. The van der Waals surface area contributed by atoms with Crippen LogP contribution in [0.25, 0.3) is 0 Å². The van der Waals surface area contributed by atoms with Gasteiger partial charge in [0, 0.05) is 26.1 Å². The van der Waals surface area contributed by atoms with Gasteiger partial charge in [-0.3, -0.25) is 10.1 Å². The second kappa shape index (κ2) is 5.52. The number of carbonyl (C=O) groups excluding carboxylic acids is 1. The fourth-order valence-corrected chi connectivity index (χ4v) is 2.42. The van der Waals surface area contributed by atoms with Crippen molar-refractivity contribution in [2.24, 2.45) is 0 Å². The van der Waals surface area contributed by atoms with Crippen molar-refractivity contribution in [3.8, 4) is 0 Å². The first kappa shape index (κ1) is 13.1. The quantitative estimate of drug-likeness (QED) is 0.840. The molecule has 0 spiro atoms. The normalized spacial score (nSPS) is 20.3. The molecule has 0 aliphatic carbocycles. The fourth-order valence-electron chi connectivity index (χ4n) is 2.42. The van der Waals surface area contributed by atoms with Crippen LogP contribution in [0.2, 0.25) is 0 Å². The Bertz CT molecular complexity index is 415. The van der Waals surface area contributed by atoms with Crippen LogP contribution in [0.4, 0.5) is 0 Å². The molecule has 0 bridgehead atoms. The molecule has 0 saturated heterocycles. The van der Waals surface area contributed by atoms with Gasteiger partial charge in [-0.2, -0.15) is 0 Å².